The molecule has 33 heavy (non-hydrogen) atoms. The van der Waals surface area contributed by atoms with Gasteiger partial charge >= 0.3 is 5.97 Å². The second-order valence-corrected chi connectivity index (χ2v) is 8.71. The number of hydrogen-bond acceptors (Lipinski definition) is 5. The number of pyridine rings is 1. The molecule has 3 aromatic rings. The number of carbonyl (C=O) groups is 2. The molecule has 1 saturated carbocycles. The molecule has 172 valence electrons. The van der Waals surface area contributed by atoms with E-state index >= 15 is 0 Å². The smallest absolute Gasteiger partial charge is 0.337 e. The first-order valence-corrected chi connectivity index (χ1v) is 11.8. The summed E-state index contributed by atoms with van der Waals surface area (Å²) in [5.41, 5.74) is 2.37. The van der Waals surface area contributed by atoms with Crippen LogP contribution in [-0.2, 0) is 13.0 Å². The lowest BCUT2D eigenvalue weighted by atomic mass is 9.86. The van der Waals surface area contributed by atoms with E-state index in [1.54, 1.807) is 18.3 Å². The summed E-state index contributed by atoms with van der Waals surface area (Å²) in [7, 11) is 0. The van der Waals surface area contributed by atoms with Gasteiger partial charge < -0.3 is 5.11 Å². The number of carboxylic acids is 1. The van der Waals surface area contributed by atoms with Gasteiger partial charge in [0, 0.05) is 24.1 Å². The van der Waals surface area contributed by atoms with Crippen LogP contribution in [0.4, 0.5) is 0 Å². The van der Waals surface area contributed by atoms with Gasteiger partial charge in [0.1, 0.15) is 5.82 Å². The Morgan fingerprint density at radius 2 is 1.85 bits per heavy atom. The molecule has 1 fully saturated rings. The maximum absolute atomic E-state index is 13.0. The van der Waals surface area contributed by atoms with Crippen molar-refractivity contribution in [2.75, 3.05) is 0 Å². The van der Waals surface area contributed by atoms with Crippen LogP contribution in [0, 0.1) is 5.92 Å². The van der Waals surface area contributed by atoms with E-state index in [1.807, 2.05) is 28.9 Å². The van der Waals surface area contributed by atoms with Crippen molar-refractivity contribution >= 4 is 11.8 Å². The quantitative estimate of drug-likeness (QED) is 0.454. The Hall–Kier alpha value is -3.35. The molecular formula is C26H30N4O3. The van der Waals surface area contributed by atoms with Crippen LogP contribution in [0.15, 0.2) is 42.6 Å². The number of nitrogens with zero attached hydrogens (tertiary/aromatic N) is 4. The van der Waals surface area contributed by atoms with Crippen LogP contribution in [0.25, 0.3) is 11.3 Å². The molecule has 2 aromatic heterocycles. The monoisotopic (exact) mass is 446 g/mol. The van der Waals surface area contributed by atoms with Crippen LogP contribution in [0.5, 0.6) is 0 Å². The van der Waals surface area contributed by atoms with E-state index in [0.29, 0.717) is 18.1 Å². The van der Waals surface area contributed by atoms with Gasteiger partial charge in [-0.15, -0.1) is 5.10 Å². The van der Waals surface area contributed by atoms with Gasteiger partial charge in [-0.1, -0.05) is 56.9 Å². The van der Waals surface area contributed by atoms with Crippen molar-refractivity contribution in [2.24, 2.45) is 5.92 Å². The molecule has 2 heterocycles. The first-order chi connectivity index (χ1) is 16.1. The third-order valence-electron chi connectivity index (χ3n) is 6.30. The number of aryl methyl sites for hydroxylation is 1. The van der Waals surface area contributed by atoms with Crippen molar-refractivity contribution in [3.8, 4) is 11.3 Å². The van der Waals surface area contributed by atoms with E-state index < -0.39 is 5.97 Å². The highest BCUT2D eigenvalue weighted by Gasteiger charge is 2.26. The van der Waals surface area contributed by atoms with Crippen molar-refractivity contribution in [3.05, 3.63) is 65.4 Å². The molecule has 1 N–H and O–H groups in total. The molecule has 0 aliphatic heterocycles. The lowest BCUT2D eigenvalue weighted by Gasteiger charge is -2.18. The summed E-state index contributed by atoms with van der Waals surface area (Å²) in [5.74, 6) is 0.329. The summed E-state index contributed by atoms with van der Waals surface area (Å²) in [6.45, 7) is 2.65. The van der Waals surface area contributed by atoms with Gasteiger partial charge in [0.15, 0.2) is 0 Å². The Morgan fingerprint density at radius 3 is 2.55 bits per heavy atom. The largest absolute Gasteiger partial charge is 0.478 e. The van der Waals surface area contributed by atoms with Crippen molar-refractivity contribution in [3.63, 3.8) is 0 Å². The summed E-state index contributed by atoms with van der Waals surface area (Å²) in [6, 6.07) is 10.8. The highest BCUT2D eigenvalue weighted by molar-refractivity contribution is 5.95. The number of hydrogen-bond donors (Lipinski definition) is 1. The van der Waals surface area contributed by atoms with E-state index in [2.05, 4.69) is 22.0 Å². The number of rotatable bonds is 9. The van der Waals surface area contributed by atoms with Crippen LogP contribution in [0.3, 0.4) is 0 Å². The van der Waals surface area contributed by atoms with Gasteiger partial charge in [0.25, 0.3) is 0 Å². The fourth-order valence-electron chi connectivity index (χ4n) is 4.42. The molecule has 0 radical (unpaired) electrons. The summed E-state index contributed by atoms with van der Waals surface area (Å²) in [6.07, 6.45) is 9.70. The zero-order valence-corrected chi connectivity index (χ0v) is 19.0. The second-order valence-electron chi connectivity index (χ2n) is 8.71. The minimum Gasteiger partial charge on any atom is -0.478 e. The van der Waals surface area contributed by atoms with Crippen molar-refractivity contribution in [2.45, 2.75) is 64.8 Å². The third kappa shape index (κ3) is 5.35. The second kappa shape index (κ2) is 10.5. The summed E-state index contributed by atoms with van der Waals surface area (Å²) in [4.78, 5) is 33.4. The van der Waals surface area contributed by atoms with E-state index in [-0.39, 0.29) is 17.3 Å². The van der Waals surface area contributed by atoms with Crippen LogP contribution in [0.2, 0.25) is 0 Å². The number of carboxylic acid groups (broad SMARTS) is 1. The number of ketones is 1. The fourth-order valence-corrected chi connectivity index (χ4v) is 4.42. The summed E-state index contributed by atoms with van der Waals surface area (Å²) < 4.78 is 1.85. The van der Waals surface area contributed by atoms with Gasteiger partial charge in [-0.05, 0) is 37.0 Å². The number of aromatic carboxylic acids is 1. The number of aromatic nitrogens is 4. The van der Waals surface area contributed by atoms with E-state index in [0.717, 1.165) is 61.9 Å². The first-order valence-electron chi connectivity index (χ1n) is 11.8. The normalized spacial score (nSPS) is 14.3. The number of unbranched alkanes of at least 4 members (excludes halogenated alkanes) is 1. The minimum absolute atomic E-state index is 0.0507. The maximum Gasteiger partial charge on any atom is 0.337 e. The average molecular weight is 447 g/mol. The molecule has 7 nitrogen and oxygen atoms in total. The summed E-state index contributed by atoms with van der Waals surface area (Å²) in [5, 5.41) is 14.1. The third-order valence-corrected chi connectivity index (χ3v) is 6.30. The zero-order valence-electron chi connectivity index (χ0n) is 19.0. The predicted octanol–water partition coefficient (Wildman–Crippen LogP) is 5.19. The number of benzene rings is 1. The molecule has 0 atom stereocenters. The minimum atomic E-state index is -1.000. The zero-order chi connectivity index (χ0) is 23.2. The van der Waals surface area contributed by atoms with Gasteiger partial charge in [-0.25, -0.2) is 14.5 Å². The van der Waals surface area contributed by atoms with Crippen LogP contribution in [0.1, 0.15) is 84.2 Å². The van der Waals surface area contributed by atoms with Crippen molar-refractivity contribution in [1.82, 2.24) is 19.7 Å². The fraction of sp³-hybridized carbons (Fsp3) is 0.423. The molecule has 1 aliphatic rings. The first kappa shape index (κ1) is 22.8. The van der Waals surface area contributed by atoms with Gasteiger partial charge in [0.2, 0.25) is 11.6 Å². The molecule has 0 saturated heterocycles. The molecular weight excluding hydrogens is 416 g/mol. The van der Waals surface area contributed by atoms with Crippen molar-refractivity contribution < 1.29 is 14.7 Å². The number of carbonyl (C=O) groups excluding carboxylic acids is 1. The Kier molecular flexibility index (Phi) is 7.27. The lowest BCUT2D eigenvalue weighted by molar-refractivity contribution is 0.0697. The van der Waals surface area contributed by atoms with Crippen molar-refractivity contribution in [1.29, 1.82) is 0 Å². The van der Waals surface area contributed by atoms with Crippen LogP contribution < -0.4 is 0 Å². The Balaban J connectivity index is 1.56. The van der Waals surface area contributed by atoms with Gasteiger partial charge in [-0.3, -0.25) is 9.78 Å². The Morgan fingerprint density at radius 1 is 1.09 bits per heavy atom. The molecule has 1 aromatic carbocycles. The Labute approximate surface area is 193 Å². The lowest BCUT2D eigenvalue weighted by Crippen LogP contribution is -2.19. The Bertz CT molecular complexity index is 1110. The summed E-state index contributed by atoms with van der Waals surface area (Å²) >= 11 is 0. The molecule has 0 unspecified atom stereocenters. The molecule has 4 rings (SSSR count). The average Bonchev–Trinajstić information content (AvgIpc) is 3.25. The van der Waals surface area contributed by atoms with E-state index in [4.69, 9.17) is 0 Å². The topological polar surface area (TPSA) is 98.0 Å². The highest BCUT2D eigenvalue weighted by atomic mass is 16.4. The van der Waals surface area contributed by atoms with Gasteiger partial charge in [0.05, 0.1) is 17.8 Å². The standard InChI is InChI=1S/C26H30N4O3/c1-2-3-11-22-28-25(24(31)20-8-5-4-6-9-20)29-30(22)17-18-12-14-19(15-13-18)23-21(26(32)33)10-7-16-27-23/h7,10,12-16,20H,2-6,8-9,11,17H2,1H3,(H,32,33). The SMILES string of the molecule is CCCCc1nc(C(=O)C2CCCCC2)nn1Cc1ccc(-c2ncccc2C(=O)O)cc1. The van der Waals surface area contributed by atoms with Crippen LogP contribution in [-0.4, -0.2) is 36.6 Å². The maximum atomic E-state index is 13.0. The van der Waals surface area contributed by atoms with E-state index in [1.165, 1.54) is 6.42 Å². The van der Waals surface area contributed by atoms with Crippen LogP contribution >= 0.6 is 0 Å². The predicted molar refractivity (Wildman–Crippen MR) is 125 cm³/mol. The highest BCUT2D eigenvalue weighted by Crippen LogP contribution is 2.26. The molecule has 1 aliphatic carbocycles. The molecule has 0 amide bonds. The molecule has 0 spiro atoms. The van der Waals surface area contributed by atoms with E-state index in [9.17, 15) is 14.7 Å². The van der Waals surface area contributed by atoms with Gasteiger partial charge in [-0.2, -0.15) is 0 Å². The molecule has 7 heteroatoms. The molecule has 0 bridgehead atoms. The number of Topliss-reactive ketones (excluding diaryl/α,β-unsaturated/α-hetero) is 1.